The lowest BCUT2D eigenvalue weighted by molar-refractivity contribution is 0.129. The summed E-state index contributed by atoms with van der Waals surface area (Å²) in [5, 5.41) is 9.46. The highest BCUT2D eigenvalue weighted by Crippen LogP contribution is 2.18. The standard InChI is InChI=1S/C11H15F2NO3S/c1-7(2)10(15)6-14-18(16,17)11-8(12)4-3-5-9(11)13/h3-5,7,10,14-15H,6H2,1-2H3. The normalized spacial score (nSPS) is 13.9. The molecule has 7 heteroatoms. The third-order valence-electron chi connectivity index (χ3n) is 2.44. The molecule has 0 radical (unpaired) electrons. The molecule has 0 saturated carbocycles. The minimum absolute atomic E-state index is 0.168. The first kappa shape index (κ1) is 15.0. The number of aliphatic hydroxyl groups excluding tert-OH is 1. The molecule has 0 saturated heterocycles. The zero-order valence-electron chi connectivity index (χ0n) is 10.0. The number of halogens is 2. The number of hydrogen-bond acceptors (Lipinski definition) is 3. The first-order chi connectivity index (χ1) is 8.25. The highest BCUT2D eigenvalue weighted by atomic mass is 32.2. The van der Waals surface area contributed by atoms with Crippen LogP contribution in [0.25, 0.3) is 0 Å². The van der Waals surface area contributed by atoms with E-state index >= 15 is 0 Å². The molecule has 1 aromatic carbocycles. The second-order valence-corrected chi connectivity index (χ2v) is 5.92. The Bertz CT molecular complexity index is 497. The molecule has 0 aliphatic heterocycles. The molecule has 4 nitrogen and oxygen atoms in total. The van der Waals surface area contributed by atoms with Gasteiger partial charge in [-0.2, -0.15) is 0 Å². The average molecular weight is 279 g/mol. The smallest absolute Gasteiger partial charge is 0.246 e. The fourth-order valence-electron chi connectivity index (χ4n) is 1.24. The van der Waals surface area contributed by atoms with E-state index in [1.54, 1.807) is 13.8 Å². The van der Waals surface area contributed by atoms with Crippen molar-refractivity contribution < 1.29 is 22.3 Å². The number of nitrogens with one attached hydrogen (secondary N) is 1. The molecule has 0 bridgehead atoms. The molecular formula is C11H15F2NO3S. The number of sulfonamides is 1. The van der Waals surface area contributed by atoms with Crippen molar-refractivity contribution in [2.45, 2.75) is 24.8 Å². The van der Waals surface area contributed by atoms with Gasteiger partial charge in [0.1, 0.15) is 11.6 Å². The Morgan fingerprint density at radius 3 is 2.22 bits per heavy atom. The van der Waals surface area contributed by atoms with E-state index in [0.29, 0.717) is 0 Å². The van der Waals surface area contributed by atoms with Crippen LogP contribution in [0.1, 0.15) is 13.8 Å². The second kappa shape index (κ2) is 5.73. The first-order valence-electron chi connectivity index (χ1n) is 5.37. The molecule has 102 valence electrons. The zero-order valence-corrected chi connectivity index (χ0v) is 10.8. The van der Waals surface area contributed by atoms with Crippen LogP contribution in [-0.4, -0.2) is 26.2 Å². The van der Waals surface area contributed by atoms with Crippen LogP contribution in [0.3, 0.4) is 0 Å². The van der Waals surface area contributed by atoms with Crippen molar-refractivity contribution in [2.75, 3.05) is 6.54 Å². The van der Waals surface area contributed by atoms with E-state index in [2.05, 4.69) is 0 Å². The summed E-state index contributed by atoms with van der Waals surface area (Å²) in [6, 6.07) is 2.79. The van der Waals surface area contributed by atoms with Gasteiger partial charge in [0.15, 0.2) is 4.90 Å². The Labute approximate surface area is 105 Å². The average Bonchev–Trinajstić information content (AvgIpc) is 2.25. The van der Waals surface area contributed by atoms with E-state index in [1.807, 2.05) is 4.72 Å². The molecule has 1 rings (SSSR count). The number of benzene rings is 1. The maximum Gasteiger partial charge on any atom is 0.246 e. The van der Waals surface area contributed by atoms with Gasteiger partial charge in [0.25, 0.3) is 0 Å². The van der Waals surface area contributed by atoms with Crippen molar-refractivity contribution in [3.8, 4) is 0 Å². The predicted molar refractivity (Wildman–Crippen MR) is 62.4 cm³/mol. The van der Waals surface area contributed by atoms with Crippen molar-refractivity contribution in [1.29, 1.82) is 0 Å². The van der Waals surface area contributed by atoms with Crippen molar-refractivity contribution >= 4 is 10.0 Å². The topological polar surface area (TPSA) is 66.4 Å². The summed E-state index contributed by atoms with van der Waals surface area (Å²) in [6.45, 7) is 3.10. The lowest BCUT2D eigenvalue weighted by Crippen LogP contribution is -2.35. The fourth-order valence-corrected chi connectivity index (χ4v) is 2.43. The quantitative estimate of drug-likeness (QED) is 0.852. The van der Waals surface area contributed by atoms with Crippen LogP contribution in [0.5, 0.6) is 0 Å². The summed E-state index contributed by atoms with van der Waals surface area (Å²) in [7, 11) is -4.31. The summed E-state index contributed by atoms with van der Waals surface area (Å²) in [6.07, 6.45) is -0.922. The highest BCUT2D eigenvalue weighted by molar-refractivity contribution is 7.89. The van der Waals surface area contributed by atoms with E-state index in [4.69, 9.17) is 0 Å². The third kappa shape index (κ3) is 3.47. The summed E-state index contributed by atoms with van der Waals surface area (Å²) in [5.74, 6) is -2.50. The minimum atomic E-state index is -4.31. The second-order valence-electron chi connectivity index (χ2n) is 4.21. The molecule has 1 aromatic rings. The van der Waals surface area contributed by atoms with Gasteiger partial charge in [0.05, 0.1) is 6.10 Å². The molecule has 1 unspecified atom stereocenters. The minimum Gasteiger partial charge on any atom is -0.391 e. The number of rotatable bonds is 5. The molecule has 0 heterocycles. The van der Waals surface area contributed by atoms with E-state index in [0.717, 1.165) is 18.2 Å². The Hall–Kier alpha value is -1.05. The SMILES string of the molecule is CC(C)C(O)CNS(=O)(=O)c1c(F)cccc1F. The Morgan fingerprint density at radius 1 is 1.28 bits per heavy atom. The maximum atomic E-state index is 13.3. The Morgan fingerprint density at radius 2 is 1.78 bits per heavy atom. The Kier molecular flexibility index (Phi) is 4.78. The van der Waals surface area contributed by atoms with Crippen LogP contribution in [0.4, 0.5) is 8.78 Å². The van der Waals surface area contributed by atoms with Crippen LogP contribution < -0.4 is 4.72 Å². The summed E-state index contributed by atoms with van der Waals surface area (Å²) < 4.78 is 52.0. The molecule has 0 aliphatic carbocycles. The lowest BCUT2D eigenvalue weighted by Gasteiger charge is -2.15. The largest absolute Gasteiger partial charge is 0.391 e. The first-order valence-corrected chi connectivity index (χ1v) is 6.85. The van der Waals surface area contributed by atoms with Gasteiger partial charge in [-0.25, -0.2) is 21.9 Å². The molecule has 1 atom stereocenters. The molecular weight excluding hydrogens is 264 g/mol. The van der Waals surface area contributed by atoms with Gasteiger partial charge in [0.2, 0.25) is 10.0 Å². The van der Waals surface area contributed by atoms with E-state index in [-0.39, 0.29) is 12.5 Å². The van der Waals surface area contributed by atoms with E-state index in [1.165, 1.54) is 0 Å². The van der Waals surface area contributed by atoms with Crippen LogP contribution in [0.2, 0.25) is 0 Å². The van der Waals surface area contributed by atoms with Crippen LogP contribution >= 0.6 is 0 Å². The lowest BCUT2D eigenvalue weighted by atomic mass is 10.1. The van der Waals surface area contributed by atoms with Gasteiger partial charge >= 0.3 is 0 Å². The van der Waals surface area contributed by atoms with Gasteiger partial charge in [-0.1, -0.05) is 19.9 Å². The highest BCUT2D eigenvalue weighted by Gasteiger charge is 2.24. The summed E-state index contributed by atoms with van der Waals surface area (Å²) in [4.78, 5) is -1.03. The van der Waals surface area contributed by atoms with Crippen LogP contribution in [-0.2, 0) is 10.0 Å². The number of aliphatic hydroxyl groups is 1. The van der Waals surface area contributed by atoms with E-state index < -0.39 is 32.7 Å². The van der Waals surface area contributed by atoms with Crippen molar-refractivity contribution in [3.63, 3.8) is 0 Å². The maximum absolute atomic E-state index is 13.3. The van der Waals surface area contributed by atoms with Gasteiger partial charge in [0, 0.05) is 6.54 Å². The monoisotopic (exact) mass is 279 g/mol. The van der Waals surface area contributed by atoms with Gasteiger partial charge in [-0.3, -0.25) is 0 Å². The van der Waals surface area contributed by atoms with Gasteiger partial charge in [-0.15, -0.1) is 0 Å². The fraction of sp³-hybridized carbons (Fsp3) is 0.455. The predicted octanol–water partition coefficient (Wildman–Crippen LogP) is 1.26. The summed E-state index contributed by atoms with van der Waals surface area (Å²) >= 11 is 0. The van der Waals surface area contributed by atoms with Crippen molar-refractivity contribution in [3.05, 3.63) is 29.8 Å². The van der Waals surface area contributed by atoms with Crippen LogP contribution in [0, 0.1) is 17.6 Å². The van der Waals surface area contributed by atoms with Gasteiger partial charge in [-0.05, 0) is 18.1 Å². The summed E-state index contributed by atoms with van der Waals surface area (Å²) in [5.41, 5.74) is 0. The van der Waals surface area contributed by atoms with Crippen LogP contribution in [0.15, 0.2) is 23.1 Å². The van der Waals surface area contributed by atoms with E-state index in [9.17, 15) is 22.3 Å². The molecule has 18 heavy (non-hydrogen) atoms. The molecule has 2 N–H and O–H groups in total. The van der Waals surface area contributed by atoms with Crippen molar-refractivity contribution in [1.82, 2.24) is 4.72 Å². The number of hydrogen-bond donors (Lipinski definition) is 2. The molecule has 0 aliphatic rings. The Balaban J connectivity index is 2.94. The van der Waals surface area contributed by atoms with Gasteiger partial charge < -0.3 is 5.11 Å². The van der Waals surface area contributed by atoms with Crippen molar-refractivity contribution in [2.24, 2.45) is 5.92 Å². The molecule has 0 aromatic heterocycles. The zero-order chi connectivity index (χ0) is 13.9. The molecule has 0 amide bonds. The molecule has 0 fully saturated rings. The molecule has 0 spiro atoms. The third-order valence-corrected chi connectivity index (χ3v) is 3.91.